The molecule has 0 bridgehead atoms. The fourth-order valence-electron chi connectivity index (χ4n) is 3.02. The topological polar surface area (TPSA) is 141 Å². The molecule has 3 heterocycles. The zero-order valence-electron chi connectivity index (χ0n) is 19.5. The van der Waals surface area contributed by atoms with E-state index in [1.165, 1.54) is 18.1 Å². The highest BCUT2D eigenvalue weighted by atomic mass is 35.5. The van der Waals surface area contributed by atoms with Gasteiger partial charge in [0, 0.05) is 28.5 Å². The van der Waals surface area contributed by atoms with Crippen LogP contribution in [-0.4, -0.2) is 52.8 Å². The maximum Gasteiger partial charge on any atom is 0.316 e. The van der Waals surface area contributed by atoms with Gasteiger partial charge >= 0.3 is 16.2 Å². The third kappa shape index (κ3) is 7.73. The average molecular weight is 560 g/mol. The summed E-state index contributed by atoms with van der Waals surface area (Å²) in [6.07, 6.45) is 8.04. The Hall–Kier alpha value is -3.52. The maximum absolute atomic E-state index is 12.8. The van der Waals surface area contributed by atoms with Crippen molar-refractivity contribution in [1.82, 2.24) is 29.6 Å². The third-order valence-corrected chi connectivity index (χ3v) is 6.66. The molecule has 3 aromatic heterocycles. The second kappa shape index (κ2) is 12.6. The molecular formula is C23H22ClN7O4S2. The summed E-state index contributed by atoms with van der Waals surface area (Å²) in [6.45, 7) is 0.225. The van der Waals surface area contributed by atoms with Crippen LogP contribution in [0.5, 0.6) is 11.9 Å². The number of nitrogens with zero attached hydrogens (tertiary/aromatic N) is 5. The van der Waals surface area contributed by atoms with Crippen molar-refractivity contribution in [3.63, 3.8) is 0 Å². The quantitative estimate of drug-likeness (QED) is 0.195. The highest BCUT2D eigenvalue weighted by Gasteiger charge is 2.20. The number of nitrogens with one attached hydrogen (secondary N) is 2. The fraction of sp³-hybridized carbons (Fsp3) is 0.174. The molecule has 0 aliphatic rings. The van der Waals surface area contributed by atoms with Crippen molar-refractivity contribution in [2.45, 2.75) is 11.4 Å². The van der Waals surface area contributed by atoms with E-state index in [-0.39, 0.29) is 37.5 Å². The zero-order chi connectivity index (χ0) is 26.1. The molecule has 4 aromatic rings. The van der Waals surface area contributed by atoms with E-state index in [0.717, 1.165) is 4.90 Å². The monoisotopic (exact) mass is 559 g/mol. The van der Waals surface area contributed by atoms with Gasteiger partial charge < -0.3 is 9.47 Å². The van der Waals surface area contributed by atoms with Gasteiger partial charge in [-0.05, 0) is 36.1 Å². The van der Waals surface area contributed by atoms with Crippen LogP contribution in [0, 0.1) is 0 Å². The number of hydrogen-bond donors (Lipinski definition) is 2. The SMILES string of the molecule is CSc1cnc(OCCOc2ncnc(NS(=O)(=O)NCc3ccccn3)c2-c2ccc(Cl)cc2)nc1. The van der Waals surface area contributed by atoms with E-state index in [0.29, 0.717) is 21.8 Å². The predicted molar refractivity (Wildman–Crippen MR) is 141 cm³/mol. The van der Waals surface area contributed by atoms with Crippen LogP contribution >= 0.6 is 23.4 Å². The summed E-state index contributed by atoms with van der Waals surface area (Å²) in [4.78, 5) is 21.6. The minimum atomic E-state index is -4.01. The van der Waals surface area contributed by atoms with Gasteiger partial charge in [-0.25, -0.2) is 19.9 Å². The van der Waals surface area contributed by atoms with Crippen LogP contribution in [0.2, 0.25) is 5.02 Å². The Bertz CT molecular complexity index is 1410. The van der Waals surface area contributed by atoms with Crippen LogP contribution in [0.25, 0.3) is 11.1 Å². The smallest absolute Gasteiger partial charge is 0.316 e. The first-order valence-electron chi connectivity index (χ1n) is 10.8. The Balaban J connectivity index is 1.50. The molecule has 14 heteroatoms. The Kier molecular flexibility index (Phi) is 9.06. The van der Waals surface area contributed by atoms with Crippen molar-refractivity contribution < 1.29 is 17.9 Å². The van der Waals surface area contributed by atoms with E-state index in [9.17, 15) is 8.42 Å². The summed E-state index contributed by atoms with van der Waals surface area (Å²) < 4.78 is 41.8. The number of aromatic nitrogens is 5. The molecule has 0 amide bonds. The standard InChI is InChI=1S/C23H22ClN7O4S2/c1-36-19-13-26-23(27-14-19)35-11-10-34-22-20(16-5-7-17(24)8-6-16)21(28-15-29-22)31-37(32,33)30-12-18-4-2-3-9-25-18/h2-9,13-15,30H,10-12H2,1H3,(H,28,29,31). The van der Waals surface area contributed by atoms with Gasteiger partial charge in [-0.1, -0.05) is 29.8 Å². The molecule has 0 aliphatic carbocycles. The van der Waals surface area contributed by atoms with Crippen LogP contribution in [0.4, 0.5) is 5.82 Å². The summed E-state index contributed by atoms with van der Waals surface area (Å²) >= 11 is 7.57. The van der Waals surface area contributed by atoms with Crippen molar-refractivity contribution in [2.75, 3.05) is 24.2 Å². The zero-order valence-corrected chi connectivity index (χ0v) is 21.9. The Morgan fingerprint density at radius 1 is 0.946 bits per heavy atom. The molecule has 1 aromatic carbocycles. The first kappa shape index (κ1) is 26.5. The number of benzene rings is 1. The van der Waals surface area contributed by atoms with E-state index < -0.39 is 10.2 Å². The molecule has 0 saturated carbocycles. The van der Waals surface area contributed by atoms with Crippen molar-refractivity contribution in [2.24, 2.45) is 0 Å². The van der Waals surface area contributed by atoms with Crippen LogP contribution < -0.4 is 18.9 Å². The van der Waals surface area contributed by atoms with Gasteiger partial charge in [0.15, 0.2) is 5.82 Å². The highest BCUT2D eigenvalue weighted by molar-refractivity contribution is 7.98. The number of hydrogen-bond acceptors (Lipinski definition) is 10. The van der Waals surface area contributed by atoms with Gasteiger partial charge in [0.1, 0.15) is 19.5 Å². The Morgan fingerprint density at radius 3 is 2.41 bits per heavy atom. The minimum absolute atomic E-state index is 0.00176. The van der Waals surface area contributed by atoms with E-state index >= 15 is 0 Å². The number of thioether (sulfide) groups is 1. The Labute approximate surface area is 223 Å². The number of halogens is 1. The van der Waals surface area contributed by atoms with Gasteiger partial charge in [0.2, 0.25) is 5.88 Å². The fourth-order valence-corrected chi connectivity index (χ4v) is 4.29. The molecular weight excluding hydrogens is 538 g/mol. The molecule has 37 heavy (non-hydrogen) atoms. The highest BCUT2D eigenvalue weighted by Crippen LogP contribution is 2.34. The van der Waals surface area contributed by atoms with Crippen molar-refractivity contribution in [1.29, 1.82) is 0 Å². The van der Waals surface area contributed by atoms with Crippen LogP contribution in [0.3, 0.4) is 0 Å². The van der Waals surface area contributed by atoms with Gasteiger partial charge in [0.05, 0.1) is 17.8 Å². The largest absolute Gasteiger partial charge is 0.473 e. The lowest BCUT2D eigenvalue weighted by atomic mass is 10.1. The molecule has 0 aliphatic heterocycles. The van der Waals surface area contributed by atoms with Crippen LogP contribution in [0.15, 0.2) is 72.3 Å². The molecule has 192 valence electrons. The maximum atomic E-state index is 12.8. The normalized spacial score (nSPS) is 11.2. The molecule has 2 N–H and O–H groups in total. The van der Waals surface area contributed by atoms with Crippen molar-refractivity contribution in [3.8, 4) is 23.0 Å². The molecule has 4 rings (SSSR count). The van der Waals surface area contributed by atoms with E-state index in [1.807, 2.05) is 6.26 Å². The number of pyridine rings is 1. The summed E-state index contributed by atoms with van der Waals surface area (Å²) in [6, 6.07) is 12.2. The summed E-state index contributed by atoms with van der Waals surface area (Å²) in [5.41, 5.74) is 1.49. The second-order valence-electron chi connectivity index (χ2n) is 7.26. The average Bonchev–Trinajstić information content (AvgIpc) is 2.91. The lowest BCUT2D eigenvalue weighted by molar-refractivity contribution is 0.201. The lowest BCUT2D eigenvalue weighted by Crippen LogP contribution is -2.30. The predicted octanol–water partition coefficient (Wildman–Crippen LogP) is 3.61. The van der Waals surface area contributed by atoms with Crippen molar-refractivity contribution >= 4 is 39.4 Å². The van der Waals surface area contributed by atoms with Gasteiger partial charge in [-0.2, -0.15) is 13.1 Å². The molecule has 0 radical (unpaired) electrons. The van der Waals surface area contributed by atoms with Crippen LogP contribution in [-0.2, 0) is 16.8 Å². The molecule has 0 spiro atoms. The number of ether oxygens (including phenoxy) is 2. The summed E-state index contributed by atoms with van der Waals surface area (Å²) in [5, 5.41) is 0.517. The van der Waals surface area contributed by atoms with Gasteiger partial charge in [0.25, 0.3) is 0 Å². The van der Waals surface area contributed by atoms with Crippen LogP contribution in [0.1, 0.15) is 5.69 Å². The number of anilines is 1. The lowest BCUT2D eigenvalue weighted by Gasteiger charge is -2.16. The second-order valence-corrected chi connectivity index (χ2v) is 10.1. The molecule has 0 saturated heterocycles. The third-order valence-electron chi connectivity index (χ3n) is 4.74. The van der Waals surface area contributed by atoms with Gasteiger partial charge in [-0.3, -0.25) is 9.71 Å². The van der Waals surface area contributed by atoms with E-state index in [1.54, 1.807) is 61.1 Å². The summed E-state index contributed by atoms with van der Waals surface area (Å²) in [5.74, 6) is 0.180. The molecule has 11 nitrogen and oxygen atoms in total. The van der Waals surface area contributed by atoms with E-state index in [4.69, 9.17) is 21.1 Å². The number of rotatable bonds is 12. The Morgan fingerprint density at radius 2 is 1.70 bits per heavy atom. The molecule has 0 unspecified atom stereocenters. The molecule has 0 atom stereocenters. The van der Waals surface area contributed by atoms with Gasteiger partial charge in [-0.15, -0.1) is 11.8 Å². The molecule has 0 fully saturated rings. The van der Waals surface area contributed by atoms with Crippen molar-refractivity contribution in [3.05, 3.63) is 78.1 Å². The summed E-state index contributed by atoms with van der Waals surface area (Å²) in [7, 11) is -4.01. The minimum Gasteiger partial charge on any atom is -0.473 e. The van der Waals surface area contributed by atoms with E-state index in [2.05, 4.69) is 34.4 Å². The first-order valence-corrected chi connectivity index (χ1v) is 13.9. The first-order chi connectivity index (χ1) is 17.9.